The highest BCUT2D eigenvalue weighted by molar-refractivity contribution is 6.36. The van der Waals surface area contributed by atoms with Gasteiger partial charge in [0.15, 0.2) is 0 Å². The summed E-state index contributed by atoms with van der Waals surface area (Å²) in [5.41, 5.74) is 9.30. The Balaban J connectivity index is 1.81. The lowest BCUT2D eigenvalue weighted by atomic mass is 10.1. The van der Waals surface area contributed by atoms with E-state index >= 15 is 0 Å². The second-order valence-electron chi connectivity index (χ2n) is 5.15. The number of benzene rings is 2. The average Bonchev–Trinajstić information content (AvgIpc) is 2.80. The molecule has 0 fully saturated rings. The Morgan fingerprint density at radius 2 is 2.00 bits per heavy atom. The number of amides is 1. The minimum atomic E-state index is -0.189. The number of anilines is 1. The molecule has 0 bridgehead atoms. The summed E-state index contributed by atoms with van der Waals surface area (Å²) in [7, 11) is 0. The van der Waals surface area contributed by atoms with Gasteiger partial charge in [-0.1, -0.05) is 29.3 Å². The van der Waals surface area contributed by atoms with Crippen LogP contribution in [0.4, 0.5) is 5.69 Å². The van der Waals surface area contributed by atoms with Gasteiger partial charge < -0.3 is 11.1 Å². The Kier molecular flexibility index (Phi) is 3.79. The van der Waals surface area contributed by atoms with Crippen molar-refractivity contribution in [3.05, 3.63) is 63.1 Å². The zero-order valence-electron chi connectivity index (χ0n) is 11.2. The molecule has 1 aliphatic rings. The van der Waals surface area contributed by atoms with E-state index in [2.05, 4.69) is 5.32 Å². The number of halogens is 2. The quantitative estimate of drug-likeness (QED) is 0.822. The first kappa shape index (κ1) is 14.2. The molecular weight excluding hydrogens is 307 g/mol. The van der Waals surface area contributed by atoms with E-state index in [1.165, 1.54) is 5.56 Å². The summed E-state index contributed by atoms with van der Waals surface area (Å²) in [6.07, 6.45) is 1.79. The lowest BCUT2D eigenvalue weighted by Gasteiger charge is -2.15. The predicted molar refractivity (Wildman–Crippen MR) is 85.8 cm³/mol. The van der Waals surface area contributed by atoms with E-state index in [4.69, 9.17) is 28.9 Å². The van der Waals surface area contributed by atoms with Gasteiger partial charge in [0.1, 0.15) is 0 Å². The van der Waals surface area contributed by atoms with E-state index < -0.39 is 0 Å². The third-order valence-electron chi connectivity index (χ3n) is 3.73. The molecule has 0 heterocycles. The molecule has 1 amide bonds. The molecule has 3 nitrogen and oxygen atoms in total. The van der Waals surface area contributed by atoms with Gasteiger partial charge >= 0.3 is 0 Å². The van der Waals surface area contributed by atoms with Crippen LogP contribution in [0.15, 0.2) is 36.4 Å². The topological polar surface area (TPSA) is 55.1 Å². The second kappa shape index (κ2) is 5.58. The van der Waals surface area contributed by atoms with Crippen LogP contribution in [0.1, 0.15) is 33.9 Å². The van der Waals surface area contributed by atoms with Gasteiger partial charge in [0.2, 0.25) is 0 Å². The fraction of sp³-hybridized carbons (Fsp3) is 0.188. The van der Waals surface area contributed by atoms with Gasteiger partial charge in [-0.15, -0.1) is 0 Å². The summed E-state index contributed by atoms with van der Waals surface area (Å²) in [6, 6.07) is 10.7. The lowest BCUT2D eigenvalue weighted by Crippen LogP contribution is -2.27. The summed E-state index contributed by atoms with van der Waals surface area (Å²) >= 11 is 11.9. The Hall–Kier alpha value is -1.71. The summed E-state index contributed by atoms with van der Waals surface area (Å²) < 4.78 is 0. The van der Waals surface area contributed by atoms with Gasteiger partial charge in [-0.3, -0.25) is 4.79 Å². The largest absolute Gasteiger partial charge is 0.399 e. The van der Waals surface area contributed by atoms with Crippen LogP contribution in [0.5, 0.6) is 0 Å². The van der Waals surface area contributed by atoms with Crippen molar-refractivity contribution in [2.24, 2.45) is 0 Å². The molecule has 0 aliphatic heterocycles. The van der Waals surface area contributed by atoms with Crippen molar-refractivity contribution in [2.45, 2.75) is 18.9 Å². The van der Waals surface area contributed by atoms with Crippen LogP contribution in [0.3, 0.4) is 0 Å². The monoisotopic (exact) mass is 320 g/mol. The molecule has 0 saturated carbocycles. The number of hydrogen-bond acceptors (Lipinski definition) is 2. The van der Waals surface area contributed by atoms with Gasteiger partial charge in [0, 0.05) is 10.7 Å². The molecule has 0 radical (unpaired) electrons. The Labute approximate surface area is 133 Å². The maximum atomic E-state index is 12.3. The first-order valence-electron chi connectivity index (χ1n) is 6.69. The molecule has 3 rings (SSSR count). The van der Waals surface area contributed by atoms with Crippen LogP contribution in [0, 0.1) is 0 Å². The number of nitrogens with one attached hydrogen (secondary N) is 1. The molecule has 0 spiro atoms. The van der Waals surface area contributed by atoms with Crippen molar-refractivity contribution in [3.8, 4) is 0 Å². The summed E-state index contributed by atoms with van der Waals surface area (Å²) in [6.45, 7) is 0. The van der Waals surface area contributed by atoms with Gasteiger partial charge in [-0.05, 0) is 54.3 Å². The average molecular weight is 321 g/mol. The molecule has 108 valence electrons. The normalized spacial score (nSPS) is 16.6. The minimum absolute atomic E-state index is 0.000144. The van der Waals surface area contributed by atoms with E-state index in [-0.39, 0.29) is 11.9 Å². The van der Waals surface area contributed by atoms with Crippen LogP contribution in [-0.4, -0.2) is 5.91 Å². The van der Waals surface area contributed by atoms with Crippen LogP contribution in [-0.2, 0) is 6.42 Å². The molecule has 1 atom stereocenters. The predicted octanol–water partition coefficient (Wildman–Crippen LogP) is 3.99. The Morgan fingerprint density at radius 3 is 2.76 bits per heavy atom. The summed E-state index contributed by atoms with van der Waals surface area (Å²) in [4.78, 5) is 12.3. The SMILES string of the molecule is Nc1ccc2c(c1)CCC2NC(=O)c1ccc(Cl)cc1Cl. The Bertz CT molecular complexity index is 715. The number of fused-ring (bicyclic) bond motifs is 1. The molecule has 0 saturated heterocycles. The van der Waals surface area contributed by atoms with E-state index in [0.717, 1.165) is 24.1 Å². The smallest absolute Gasteiger partial charge is 0.253 e. The third-order valence-corrected chi connectivity index (χ3v) is 4.27. The van der Waals surface area contributed by atoms with Crippen molar-refractivity contribution in [1.29, 1.82) is 0 Å². The highest BCUT2D eigenvalue weighted by Crippen LogP contribution is 2.33. The third kappa shape index (κ3) is 2.85. The van der Waals surface area contributed by atoms with Crippen molar-refractivity contribution in [3.63, 3.8) is 0 Å². The Morgan fingerprint density at radius 1 is 1.19 bits per heavy atom. The number of hydrogen-bond donors (Lipinski definition) is 2. The zero-order chi connectivity index (χ0) is 15.0. The second-order valence-corrected chi connectivity index (χ2v) is 5.99. The molecule has 3 N–H and O–H groups in total. The molecule has 1 aliphatic carbocycles. The van der Waals surface area contributed by atoms with E-state index in [0.29, 0.717) is 15.6 Å². The molecular formula is C16H14Cl2N2O. The number of nitrogens with two attached hydrogens (primary N) is 1. The lowest BCUT2D eigenvalue weighted by molar-refractivity contribution is 0.0937. The highest BCUT2D eigenvalue weighted by Gasteiger charge is 2.25. The van der Waals surface area contributed by atoms with Crippen LogP contribution >= 0.6 is 23.2 Å². The highest BCUT2D eigenvalue weighted by atomic mass is 35.5. The van der Waals surface area contributed by atoms with Gasteiger partial charge in [-0.2, -0.15) is 0 Å². The molecule has 2 aromatic carbocycles. The molecule has 1 unspecified atom stereocenters. The van der Waals surface area contributed by atoms with E-state index in [1.54, 1.807) is 18.2 Å². The van der Waals surface area contributed by atoms with Crippen molar-refractivity contribution in [1.82, 2.24) is 5.32 Å². The van der Waals surface area contributed by atoms with Gasteiger partial charge in [0.25, 0.3) is 5.91 Å². The standard InChI is InChI=1S/C16H14Cl2N2O/c17-10-2-4-13(14(18)8-10)16(21)20-15-6-1-9-7-11(19)3-5-12(9)15/h2-5,7-8,15H,1,6,19H2,(H,20,21). The summed E-state index contributed by atoms with van der Waals surface area (Å²) in [5.74, 6) is -0.189. The van der Waals surface area contributed by atoms with E-state index in [1.807, 2.05) is 18.2 Å². The minimum Gasteiger partial charge on any atom is -0.399 e. The number of rotatable bonds is 2. The number of aryl methyl sites for hydroxylation is 1. The molecule has 5 heteroatoms. The van der Waals surface area contributed by atoms with Crippen LogP contribution < -0.4 is 11.1 Å². The maximum absolute atomic E-state index is 12.3. The maximum Gasteiger partial charge on any atom is 0.253 e. The van der Waals surface area contributed by atoms with Crippen LogP contribution in [0.2, 0.25) is 10.0 Å². The first-order chi connectivity index (χ1) is 10.0. The van der Waals surface area contributed by atoms with E-state index in [9.17, 15) is 4.79 Å². The van der Waals surface area contributed by atoms with Crippen molar-refractivity contribution in [2.75, 3.05) is 5.73 Å². The fourth-order valence-corrected chi connectivity index (χ4v) is 3.19. The number of carbonyl (C=O) groups excluding carboxylic acids is 1. The van der Waals surface area contributed by atoms with Gasteiger partial charge in [0.05, 0.1) is 16.6 Å². The first-order valence-corrected chi connectivity index (χ1v) is 7.44. The molecule has 0 aromatic heterocycles. The summed E-state index contributed by atoms with van der Waals surface area (Å²) in [5, 5.41) is 3.89. The molecule has 2 aromatic rings. The number of nitrogen functional groups attached to an aromatic ring is 1. The van der Waals surface area contributed by atoms with Crippen molar-refractivity contribution < 1.29 is 4.79 Å². The van der Waals surface area contributed by atoms with Gasteiger partial charge in [-0.25, -0.2) is 0 Å². The van der Waals surface area contributed by atoms with Crippen molar-refractivity contribution >= 4 is 34.8 Å². The number of carbonyl (C=O) groups is 1. The molecule has 21 heavy (non-hydrogen) atoms. The fourth-order valence-electron chi connectivity index (χ4n) is 2.70. The van der Waals surface area contributed by atoms with Crippen LogP contribution in [0.25, 0.3) is 0 Å². The zero-order valence-corrected chi connectivity index (χ0v) is 12.7.